The molecule has 1 aliphatic carbocycles. The van der Waals surface area contributed by atoms with Gasteiger partial charge in [0.15, 0.2) is 11.6 Å². The largest absolute Gasteiger partial charge is 0.494 e. The summed E-state index contributed by atoms with van der Waals surface area (Å²) in [6, 6.07) is 17.8. The molecule has 2 heterocycles. The number of fused-ring (bicyclic) bond motifs is 2. The lowest BCUT2D eigenvalue weighted by Gasteiger charge is -2.11. The molecule has 1 atom stereocenters. The molecule has 34 heavy (non-hydrogen) atoms. The molecule has 174 valence electrons. The van der Waals surface area contributed by atoms with Crippen LogP contribution in [0.2, 0.25) is 0 Å². The van der Waals surface area contributed by atoms with E-state index in [1.807, 2.05) is 48.5 Å². The Morgan fingerprint density at radius 1 is 1.18 bits per heavy atom. The first kappa shape index (κ1) is 22.1. The highest BCUT2D eigenvalue weighted by Gasteiger charge is 2.24. The predicted molar refractivity (Wildman–Crippen MR) is 129 cm³/mol. The second-order valence-corrected chi connectivity index (χ2v) is 8.59. The molecule has 5 rings (SSSR count). The molecular weight excluding hydrogens is 430 g/mol. The van der Waals surface area contributed by atoms with Crippen LogP contribution in [-0.4, -0.2) is 34.2 Å². The highest BCUT2D eigenvalue weighted by Crippen LogP contribution is 2.37. The number of aryl methyl sites for hydroxylation is 1. The highest BCUT2D eigenvalue weighted by molar-refractivity contribution is 5.81. The minimum atomic E-state index is -0.738. The van der Waals surface area contributed by atoms with E-state index >= 15 is 0 Å². The summed E-state index contributed by atoms with van der Waals surface area (Å²) in [6.45, 7) is 2.05. The summed E-state index contributed by atoms with van der Waals surface area (Å²) >= 11 is 0. The number of hydrogen-bond acceptors (Lipinski definition) is 6. The zero-order valence-electron chi connectivity index (χ0n) is 18.9. The normalized spacial score (nSPS) is 14.9. The van der Waals surface area contributed by atoms with Gasteiger partial charge in [-0.3, -0.25) is 4.79 Å². The van der Waals surface area contributed by atoms with Crippen molar-refractivity contribution in [3.05, 3.63) is 77.6 Å². The van der Waals surface area contributed by atoms with E-state index in [-0.39, 0.29) is 12.3 Å². The Bertz CT molecular complexity index is 1270. The molecular formula is C27H27N3O4. The fourth-order valence-corrected chi connectivity index (χ4v) is 4.50. The molecule has 0 unspecified atom stereocenters. The lowest BCUT2D eigenvalue weighted by molar-refractivity contribution is -0.137. The topological polar surface area (TPSA) is 97.5 Å². The summed E-state index contributed by atoms with van der Waals surface area (Å²) in [7, 11) is 0. The molecule has 0 aliphatic heterocycles. The van der Waals surface area contributed by atoms with Crippen LogP contribution in [0.15, 0.2) is 65.2 Å². The van der Waals surface area contributed by atoms with Gasteiger partial charge in [-0.05, 0) is 73.2 Å². The summed E-state index contributed by atoms with van der Waals surface area (Å²) < 4.78 is 11.8. The lowest BCUT2D eigenvalue weighted by atomic mass is 9.98. The van der Waals surface area contributed by atoms with E-state index in [2.05, 4.69) is 21.4 Å². The van der Waals surface area contributed by atoms with E-state index < -0.39 is 5.97 Å². The van der Waals surface area contributed by atoms with E-state index in [1.54, 1.807) is 6.20 Å². The van der Waals surface area contributed by atoms with Gasteiger partial charge in [-0.15, -0.1) is 0 Å². The molecule has 2 N–H and O–H groups in total. The van der Waals surface area contributed by atoms with Gasteiger partial charge >= 0.3 is 5.97 Å². The van der Waals surface area contributed by atoms with Crippen LogP contribution in [0.1, 0.15) is 42.0 Å². The smallest absolute Gasteiger partial charge is 0.303 e. The number of rotatable bonds is 10. The summed E-state index contributed by atoms with van der Waals surface area (Å²) in [5, 5.41) is 13.5. The molecule has 2 aromatic heterocycles. The Balaban J connectivity index is 1.07. The van der Waals surface area contributed by atoms with Crippen molar-refractivity contribution in [3.63, 3.8) is 0 Å². The zero-order chi connectivity index (χ0) is 23.3. The average Bonchev–Trinajstić information content (AvgIpc) is 3.45. The Kier molecular flexibility index (Phi) is 6.53. The number of aromatic nitrogens is 2. The van der Waals surface area contributed by atoms with Crippen LogP contribution in [0.3, 0.4) is 0 Å². The fourth-order valence-electron chi connectivity index (χ4n) is 4.50. The van der Waals surface area contributed by atoms with Crippen molar-refractivity contribution < 1.29 is 19.1 Å². The molecule has 4 aromatic rings. The van der Waals surface area contributed by atoms with Crippen LogP contribution < -0.4 is 10.1 Å². The maximum Gasteiger partial charge on any atom is 0.303 e. The first-order valence-corrected chi connectivity index (χ1v) is 11.6. The number of carboxylic acids is 1. The molecule has 7 heteroatoms. The van der Waals surface area contributed by atoms with Gasteiger partial charge in [0.2, 0.25) is 0 Å². The van der Waals surface area contributed by atoms with Crippen LogP contribution >= 0.6 is 0 Å². The van der Waals surface area contributed by atoms with Crippen molar-refractivity contribution in [2.24, 2.45) is 0 Å². The molecule has 0 spiro atoms. The fraction of sp³-hybridized carbons (Fsp3) is 0.296. The number of benzene rings is 2. The molecule has 1 aliphatic rings. The number of para-hydroxylation sites is 1. The number of carbonyl (C=O) groups is 1. The van der Waals surface area contributed by atoms with E-state index in [4.69, 9.17) is 14.3 Å². The van der Waals surface area contributed by atoms with Gasteiger partial charge in [-0.2, -0.15) is 0 Å². The molecule has 2 aromatic carbocycles. The maximum absolute atomic E-state index is 11.0. The Morgan fingerprint density at radius 3 is 2.97 bits per heavy atom. The molecule has 0 saturated heterocycles. The monoisotopic (exact) mass is 457 g/mol. The lowest BCUT2D eigenvalue weighted by Crippen LogP contribution is -2.18. The van der Waals surface area contributed by atoms with E-state index in [0.29, 0.717) is 24.7 Å². The first-order chi connectivity index (χ1) is 16.7. The number of furan rings is 1. The molecule has 0 radical (unpaired) electrons. The van der Waals surface area contributed by atoms with Crippen LogP contribution in [-0.2, 0) is 17.8 Å². The third kappa shape index (κ3) is 5.10. The number of ether oxygens (including phenoxy) is 1. The van der Waals surface area contributed by atoms with Crippen molar-refractivity contribution in [3.8, 4) is 17.3 Å². The minimum absolute atomic E-state index is 0.125. The van der Waals surface area contributed by atoms with Crippen LogP contribution in [0, 0.1) is 0 Å². The van der Waals surface area contributed by atoms with Crippen molar-refractivity contribution in [2.45, 2.75) is 38.1 Å². The average molecular weight is 458 g/mol. The number of hydrogen-bond donors (Lipinski definition) is 2. The Morgan fingerprint density at radius 2 is 2.09 bits per heavy atom. The van der Waals surface area contributed by atoms with Gasteiger partial charge in [-0.25, -0.2) is 9.97 Å². The minimum Gasteiger partial charge on any atom is -0.494 e. The molecule has 0 amide bonds. The van der Waals surface area contributed by atoms with Gasteiger partial charge in [-0.1, -0.05) is 24.3 Å². The first-order valence-electron chi connectivity index (χ1n) is 11.6. The predicted octanol–water partition coefficient (Wildman–Crippen LogP) is 4.95. The van der Waals surface area contributed by atoms with Crippen LogP contribution in [0.5, 0.6) is 5.75 Å². The third-order valence-electron chi connectivity index (χ3n) is 6.17. The molecule has 0 fully saturated rings. The Labute approximate surface area is 197 Å². The third-order valence-corrected chi connectivity index (χ3v) is 6.17. The maximum atomic E-state index is 11.0. The summed E-state index contributed by atoms with van der Waals surface area (Å²) in [6.07, 6.45) is 4.63. The van der Waals surface area contributed by atoms with E-state index in [9.17, 15) is 4.79 Å². The highest BCUT2D eigenvalue weighted by atomic mass is 16.5. The van der Waals surface area contributed by atoms with Crippen molar-refractivity contribution in [2.75, 3.05) is 13.2 Å². The second-order valence-electron chi connectivity index (χ2n) is 8.59. The van der Waals surface area contributed by atoms with E-state index in [1.165, 1.54) is 5.56 Å². The summed E-state index contributed by atoms with van der Waals surface area (Å²) in [5.74, 6) is 1.49. The van der Waals surface area contributed by atoms with Gasteiger partial charge in [0.1, 0.15) is 11.3 Å². The van der Waals surface area contributed by atoms with Crippen LogP contribution in [0.4, 0.5) is 0 Å². The van der Waals surface area contributed by atoms with Crippen molar-refractivity contribution >= 4 is 16.9 Å². The summed E-state index contributed by atoms with van der Waals surface area (Å²) in [4.78, 5) is 20.0. The number of nitrogens with zero attached hydrogens (tertiary/aromatic N) is 2. The number of carboxylic acid groups (broad SMARTS) is 1. The quantitative estimate of drug-likeness (QED) is 0.325. The van der Waals surface area contributed by atoms with Crippen molar-refractivity contribution in [1.29, 1.82) is 0 Å². The molecule has 0 bridgehead atoms. The SMILES string of the molecule is O=C(O)C[C@@H]1CCc2cc(OCCCNCc3ccnc(-c4cc5ccccc5o4)n3)ccc21. The standard InChI is InChI=1S/C27H27N3O4/c31-26(32)16-19-7-6-18-14-22(8-9-23(18)19)33-13-3-11-28-17-21-10-12-29-27(30-21)25-15-20-4-1-2-5-24(20)34-25/h1-2,4-5,8-10,12,14-15,19,28H,3,6-7,11,13,16-17H2,(H,31,32)/t19-/m0/s1. The van der Waals surface area contributed by atoms with Gasteiger partial charge in [0.05, 0.1) is 18.7 Å². The van der Waals surface area contributed by atoms with E-state index in [0.717, 1.165) is 53.8 Å². The van der Waals surface area contributed by atoms with Crippen LogP contribution in [0.25, 0.3) is 22.6 Å². The van der Waals surface area contributed by atoms with Gasteiger partial charge in [0, 0.05) is 18.1 Å². The van der Waals surface area contributed by atoms with Gasteiger partial charge < -0.3 is 19.6 Å². The number of aliphatic carboxylic acids is 1. The number of nitrogens with one attached hydrogen (secondary N) is 1. The zero-order valence-corrected chi connectivity index (χ0v) is 18.9. The van der Waals surface area contributed by atoms with Gasteiger partial charge in [0.25, 0.3) is 0 Å². The molecule has 7 nitrogen and oxygen atoms in total. The Hall–Kier alpha value is -3.71. The second kappa shape index (κ2) is 10.1. The summed E-state index contributed by atoms with van der Waals surface area (Å²) in [5.41, 5.74) is 4.10. The molecule has 0 saturated carbocycles. The van der Waals surface area contributed by atoms with Crippen molar-refractivity contribution in [1.82, 2.24) is 15.3 Å².